The number of hydrogen-bond acceptors (Lipinski definition) is 5. The molecule has 0 saturated heterocycles. The first-order valence-corrected chi connectivity index (χ1v) is 12.0. The molecule has 0 atom stereocenters. The number of nitrogens with one attached hydrogen (secondary N) is 2. The number of rotatable bonds is 2. The van der Waals surface area contributed by atoms with Crippen LogP contribution in [0.15, 0.2) is 57.8 Å². The van der Waals surface area contributed by atoms with Crippen LogP contribution in [0.3, 0.4) is 0 Å². The molecule has 170 valence electrons. The second-order valence-electron chi connectivity index (χ2n) is 7.49. The zero-order chi connectivity index (χ0) is 23.0. The molecule has 2 aromatic carbocycles. The number of fused-ring (bicyclic) bond motifs is 1. The Hall–Kier alpha value is -3.20. The molecular weight excluding hydrogens is 430 g/mol. The summed E-state index contributed by atoms with van der Waals surface area (Å²) in [5, 5.41) is 5.55. The zero-order valence-electron chi connectivity index (χ0n) is 18.0. The molecule has 0 bridgehead atoms. The first kappa shape index (κ1) is 23.5. The molecule has 2 aromatic rings. The Morgan fingerprint density at radius 2 is 1.47 bits per heavy atom. The Morgan fingerprint density at radius 3 is 2.12 bits per heavy atom. The lowest BCUT2D eigenvalue weighted by atomic mass is 10.1. The van der Waals surface area contributed by atoms with Crippen LogP contribution >= 0.6 is 0 Å². The first-order valence-electron chi connectivity index (χ1n) is 10.6. The smallest absolute Gasteiger partial charge is 0.285 e. The lowest BCUT2D eigenvalue weighted by Crippen LogP contribution is -2.31. The summed E-state index contributed by atoms with van der Waals surface area (Å²) in [5.41, 5.74) is 1.50. The maximum Gasteiger partial charge on any atom is 0.285 e. The van der Waals surface area contributed by atoms with E-state index in [0.717, 1.165) is 18.4 Å². The van der Waals surface area contributed by atoms with Crippen LogP contribution in [0.2, 0.25) is 0 Å². The van der Waals surface area contributed by atoms with E-state index in [1.807, 2.05) is 6.92 Å². The number of carbonyl (C=O) groups excluding carboxylic acids is 2. The molecule has 1 aliphatic heterocycles. The van der Waals surface area contributed by atoms with Crippen molar-refractivity contribution in [3.05, 3.63) is 65.2 Å². The van der Waals surface area contributed by atoms with Gasteiger partial charge in [-0.15, -0.1) is 4.40 Å². The molecule has 0 aromatic heterocycles. The predicted molar refractivity (Wildman–Crippen MR) is 121 cm³/mol. The van der Waals surface area contributed by atoms with Crippen LogP contribution in [0.4, 0.5) is 0 Å². The summed E-state index contributed by atoms with van der Waals surface area (Å²) in [6.07, 6.45) is 2.31. The lowest BCUT2D eigenvalue weighted by molar-refractivity contribution is 0.0919. The molecule has 0 fully saturated rings. The summed E-state index contributed by atoms with van der Waals surface area (Å²) in [6.45, 7) is 2.74. The molecule has 0 radical (unpaired) electrons. The minimum Gasteiger partial charge on any atom is -0.480 e. The minimum atomic E-state index is -3.93. The largest absolute Gasteiger partial charge is 0.480 e. The topological polar surface area (TPSA) is 114 Å². The number of ether oxygens (including phenoxy) is 1. The zero-order valence-corrected chi connectivity index (χ0v) is 18.8. The second kappa shape index (κ2) is 10.9. The maximum atomic E-state index is 12.7. The highest BCUT2D eigenvalue weighted by atomic mass is 32.2. The van der Waals surface area contributed by atoms with Crippen molar-refractivity contribution in [3.63, 3.8) is 0 Å². The number of amides is 2. The maximum absolute atomic E-state index is 12.7. The molecule has 3 rings (SSSR count). The second-order valence-corrected chi connectivity index (χ2v) is 9.09. The minimum absolute atomic E-state index is 0.0447. The van der Waals surface area contributed by atoms with Crippen LogP contribution in [0.25, 0.3) is 0 Å². The van der Waals surface area contributed by atoms with E-state index in [9.17, 15) is 18.0 Å². The summed E-state index contributed by atoms with van der Waals surface area (Å²) >= 11 is 0. The summed E-state index contributed by atoms with van der Waals surface area (Å²) in [7, 11) is -3.93. The molecule has 1 aliphatic rings. The Morgan fingerprint density at radius 1 is 0.844 bits per heavy atom. The average Bonchev–Trinajstić information content (AvgIpc) is 2.78. The number of hydrogen-bond donors (Lipinski definition) is 2. The molecule has 0 saturated carbocycles. The number of nitrogens with zero attached hydrogens (tertiary/aromatic N) is 1. The summed E-state index contributed by atoms with van der Waals surface area (Å²) in [5.74, 6) is -0.678. The van der Waals surface area contributed by atoms with Gasteiger partial charge in [0.15, 0.2) is 0 Å². The van der Waals surface area contributed by atoms with Gasteiger partial charge < -0.3 is 15.4 Å². The van der Waals surface area contributed by atoms with Crippen LogP contribution in [0, 0.1) is 6.92 Å². The van der Waals surface area contributed by atoms with Crippen molar-refractivity contribution in [2.75, 3.05) is 19.7 Å². The van der Waals surface area contributed by atoms with Gasteiger partial charge in [0, 0.05) is 19.5 Å². The molecule has 0 spiro atoms. The van der Waals surface area contributed by atoms with E-state index in [1.54, 1.807) is 36.4 Å². The van der Waals surface area contributed by atoms with E-state index in [1.165, 1.54) is 12.1 Å². The first-order chi connectivity index (χ1) is 15.4. The molecule has 9 heteroatoms. The van der Waals surface area contributed by atoms with Gasteiger partial charge in [-0.05, 0) is 50.5 Å². The molecule has 0 unspecified atom stereocenters. The summed E-state index contributed by atoms with van der Waals surface area (Å²) in [6, 6.07) is 13.0. The van der Waals surface area contributed by atoms with Gasteiger partial charge in [-0.2, -0.15) is 8.42 Å². The third-order valence-corrected chi connectivity index (χ3v) is 6.27. The Bertz CT molecular complexity index is 1090. The highest BCUT2D eigenvalue weighted by Crippen LogP contribution is 2.15. The standard InChI is InChI=1S/C23H27N3O5S/c1-17-9-11-18(12-10-17)32(29,30)26-21-13-15-25-23(28)20-8-4-3-7-19(20)22(27)24-14-5-2-6-16-31-21/h3-4,7-12H,2,5-6,13-16H2,1H3,(H,24,27)(H,25,28)/b26-21+. The quantitative estimate of drug-likeness (QED) is 0.720. The summed E-state index contributed by atoms with van der Waals surface area (Å²) in [4.78, 5) is 25.2. The predicted octanol–water partition coefficient (Wildman–Crippen LogP) is 2.83. The molecule has 2 amide bonds. The molecule has 2 N–H and O–H groups in total. The summed E-state index contributed by atoms with van der Waals surface area (Å²) < 4.78 is 34.9. The third kappa shape index (κ3) is 6.40. The van der Waals surface area contributed by atoms with Crippen molar-refractivity contribution in [1.29, 1.82) is 0 Å². The Labute approximate surface area is 188 Å². The van der Waals surface area contributed by atoms with E-state index in [0.29, 0.717) is 25.1 Å². The van der Waals surface area contributed by atoms with Gasteiger partial charge in [-0.3, -0.25) is 9.59 Å². The Balaban J connectivity index is 1.80. The molecule has 8 nitrogen and oxygen atoms in total. The van der Waals surface area contributed by atoms with Gasteiger partial charge in [-0.25, -0.2) is 0 Å². The van der Waals surface area contributed by atoms with Gasteiger partial charge in [0.2, 0.25) is 5.90 Å². The van der Waals surface area contributed by atoms with Crippen LogP contribution in [0.1, 0.15) is 52.0 Å². The van der Waals surface area contributed by atoms with Crippen molar-refractivity contribution in [3.8, 4) is 0 Å². The van der Waals surface area contributed by atoms with Crippen molar-refractivity contribution in [2.24, 2.45) is 4.40 Å². The number of sulfonamides is 1. The number of carbonyl (C=O) groups is 2. The van der Waals surface area contributed by atoms with Gasteiger partial charge in [-0.1, -0.05) is 29.8 Å². The SMILES string of the molecule is Cc1ccc(S(=O)(=O)/N=C2\CCNC(=O)c3ccccc3C(=O)NCCCCCO2)cc1. The van der Waals surface area contributed by atoms with Gasteiger partial charge >= 0.3 is 0 Å². The van der Waals surface area contributed by atoms with Crippen molar-refractivity contribution < 1.29 is 22.7 Å². The van der Waals surface area contributed by atoms with Crippen molar-refractivity contribution in [1.82, 2.24) is 10.6 Å². The molecule has 32 heavy (non-hydrogen) atoms. The normalized spacial score (nSPS) is 17.8. The monoisotopic (exact) mass is 457 g/mol. The van der Waals surface area contributed by atoms with Crippen LogP contribution < -0.4 is 10.6 Å². The van der Waals surface area contributed by atoms with E-state index in [2.05, 4.69) is 15.0 Å². The fraction of sp³-hybridized carbons (Fsp3) is 0.348. The van der Waals surface area contributed by atoms with Gasteiger partial charge in [0.1, 0.15) is 0 Å². The molecule has 1 heterocycles. The van der Waals surface area contributed by atoms with E-state index < -0.39 is 15.9 Å². The van der Waals surface area contributed by atoms with Crippen molar-refractivity contribution in [2.45, 2.75) is 37.5 Å². The van der Waals surface area contributed by atoms with Gasteiger partial charge in [0.05, 0.1) is 22.6 Å². The molecule has 0 aliphatic carbocycles. The van der Waals surface area contributed by atoms with Crippen LogP contribution in [-0.4, -0.2) is 45.8 Å². The highest BCUT2D eigenvalue weighted by molar-refractivity contribution is 7.90. The van der Waals surface area contributed by atoms with E-state index in [4.69, 9.17) is 4.74 Å². The number of aryl methyl sites for hydroxylation is 1. The fourth-order valence-corrected chi connectivity index (χ4v) is 4.19. The average molecular weight is 458 g/mol. The molecular formula is C23H27N3O5S. The van der Waals surface area contributed by atoms with Crippen LogP contribution in [0.5, 0.6) is 0 Å². The Kier molecular flexibility index (Phi) is 7.99. The van der Waals surface area contributed by atoms with Crippen LogP contribution in [-0.2, 0) is 14.8 Å². The van der Waals surface area contributed by atoms with Gasteiger partial charge in [0.25, 0.3) is 21.8 Å². The number of benzene rings is 2. The third-order valence-electron chi connectivity index (χ3n) is 4.96. The van der Waals surface area contributed by atoms with Crippen molar-refractivity contribution >= 4 is 27.7 Å². The highest BCUT2D eigenvalue weighted by Gasteiger charge is 2.18. The van der Waals surface area contributed by atoms with E-state index >= 15 is 0 Å². The fourth-order valence-electron chi connectivity index (χ4n) is 3.19. The lowest BCUT2D eigenvalue weighted by Gasteiger charge is -2.11. The van der Waals surface area contributed by atoms with E-state index in [-0.39, 0.29) is 35.2 Å².